The van der Waals surface area contributed by atoms with E-state index in [0.717, 1.165) is 57.8 Å². The van der Waals surface area contributed by atoms with Crippen LogP contribution in [0.1, 0.15) is 348 Å². The molecule has 392 valence electrons. The summed E-state index contributed by atoms with van der Waals surface area (Å²) < 4.78 is 16.9. The fraction of sp³-hybridized carbons (Fsp3) is 0.950. The van der Waals surface area contributed by atoms with Gasteiger partial charge in [0.05, 0.1) is 0 Å². The molecular formula is C60H116O6. The predicted octanol–water partition coefficient (Wildman–Crippen LogP) is 19.9. The second-order valence-electron chi connectivity index (χ2n) is 20.6. The van der Waals surface area contributed by atoms with Gasteiger partial charge in [0.2, 0.25) is 0 Å². The van der Waals surface area contributed by atoms with Crippen molar-refractivity contribution in [2.45, 2.75) is 354 Å². The number of hydrogen-bond donors (Lipinski definition) is 0. The SMILES string of the molecule is CCCCCCCCCCCCCCCCCCCCC(=O)OC[C@@H](COC(=O)CCCCCCCCCCCCCCCCCC)OC(=O)CCCCCCCCCCCCCCCC. The minimum atomic E-state index is -0.761. The zero-order valence-electron chi connectivity index (χ0n) is 45.0. The maximum absolute atomic E-state index is 12.8. The first-order valence-corrected chi connectivity index (χ1v) is 30.0. The molecule has 0 aromatic heterocycles. The molecule has 0 rings (SSSR count). The van der Waals surface area contributed by atoms with E-state index in [1.807, 2.05) is 0 Å². The number of rotatable bonds is 56. The Morgan fingerprint density at radius 3 is 0.606 bits per heavy atom. The highest BCUT2D eigenvalue weighted by atomic mass is 16.6. The van der Waals surface area contributed by atoms with Crippen LogP contribution < -0.4 is 0 Å². The third kappa shape index (κ3) is 53.4. The van der Waals surface area contributed by atoms with Crippen LogP contribution in [0.2, 0.25) is 0 Å². The maximum Gasteiger partial charge on any atom is 0.306 e. The van der Waals surface area contributed by atoms with Gasteiger partial charge in [0.25, 0.3) is 0 Å². The Kier molecular flexibility index (Phi) is 54.7. The quantitative estimate of drug-likeness (QED) is 0.0343. The molecule has 0 aromatic rings. The number of unbranched alkanes of at least 4 members (excludes halogenated alkanes) is 45. The van der Waals surface area contributed by atoms with Gasteiger partial charge < -0.3 is 14.2 Å². The molecule has 0 heterocycles. The molecule has 0 aromatic carbocycles. The van der Waals surface area contributed by atoms with E-state index in [1.165, 1.54) is 250 Å². The largest absolute Gasteiger partial charge is 0.462 e. The molecule has 0 aliphatic carbocycles. The van der Waals surface area contributed by atoms with Gasteiger partial charge in [0, 0.05) is 19.3 Å². The first-order chi connectivity index (χ1) is 32.5. The maximum atomic E-state index is 12.8. The highest BCUT2D eigenvalue weighted by molar-refractivity contribution is 5.71. The molecule has 0 amide bonds. The van der Waals surface area contributed by atoms with Crippen LogP contribution in [0.3, 0.4) is 0 Å². The number of carbonyl (C=O) groups excluding carboxylic acids is 3. The average molecular weight is 934 g/mol. The third-order valence-electron chi connectivity index (χ3n) is 13.9. The summed E-state index contributed by atoms with van der Waals surface area (Å²) in [5, 5.41) is 0. The molecule has 0 spiro atoms. The van der Waals surface area contributed by atoms with E-state index < -0.39 is 6.10 Å². The number of carbonyl (C=O) groups is 3. The molecular weight excluding hydrogens is 817 g/mol. The molecule has 0 unspecified atom stereocenters. The summed E-state index contributed by atoms with van der Waals surface area (Å²) in [5.41, 5.74) is 0. The van der Waals surface area contributed by atoms with E-state index in [-0.39, 0.29) is 31.1 Å². The van der Waals surface area contributed by atoms with Crippen molar-refractivity contribution >= 4 is 17.9 Å². The minimum Gasteiger partial charge on any atom is -0.462 e. The summed E-state index contributed by atoms with van der Waals surface area (Å²) in [6.45, 7) is 6.72. The molecule has 6 nitrogen and oxygen atoms in total. The van der Waals surface area contributed by atoms with Crippen molar-refractivity contribution in [2.75, 3.05) is 13.2 Å². The van der Waals surface area contributed by atoms with Crippen molar-refractivity contribution in [1.82, 2.24) is 0 Å². The summed E-state index contributed by atoms with van der Waals surface area (Å²) in [6, 6.07) is 0. The average Bonchev–Trinajstić information content (AvgIpc) is 3.31. The second kappa shape index (κ2) is 56.0. The molecule has 66 heavy (non-hydrogen) atoms. The minimum absolute atomic E-state index is 0.0608. The summed E-state index contributed by atoms with van der Waals surface area (Å²) in [4.78, 5) is 38.2. The Hall–Kier alpha value is -1.59. The normalized spacial score (nSPS) is 11.9. The van der Waals surface area contributed by atoms with Crippen LogP contribution in [0.5, 0.6) is 0 Å². The second-order valence-corrected chi connectivity index (χ2v) is 20.6. The summed E-state index contributed by atoms with van der Waals surface area (Å²) in [7, 11) is 0. The van der Waals surface area contributed by atoms with Gasteiger partial charge in [-0.2, -0.15) is 0 Å². The van der Waals surface area contributed by atoms with E-state index in [1.54, 1.807) is 0 Å². The Labute approximate surface area is 412 Å². The van der Waals surface area contributed by atoms with Crippen molar-refractivity contribution in [3.8, 4) is 0 Å². The smallest absolute Gasteiger partial charge is 0.306 e. The molecule has 0 N–H and O–H groups in total. The van der Waals surface area contributed by atoms with Gasteiger partial charge in [-0.3, -0.25) is 14.4 Å². The molecule has 1 atom stereocenters. The van der Waals surface area contributed by atoms with E-state index in [2.05, 4.69) is 20.8 Å². The summed E-state index contributed by atoms with van der Waals surface area (Å²) >= 11 is 0. The van der Waals surface area contributed by atoms with Crippen LogP contribution in [0.25, 0.3) is 0 Å². The number of ether oxygens (including phenoxy) is 3. The number of hydrogen-bond acceptors (Lipinski definition) is 6. The molecule has 0 aliphatic heterocycles. The molecule has 0 saturated heterocycles. The lowest BCUT2D eigenvalue weighted by atomic mass is 10.0. The molecule has 0 bridgehead atoms. The van der Waals surface area contributed by atoms with Gasteiger partial charge in [0.15, 0.2) is 6.10 Å². The highest BCUT2D eigenvalue weighted by Crippen LogP contribution is 2.18. The van der Waals surface area contributed by atoms with Crippen LogP contribution in [0, 0.1) is 0 Å². The fourth-order valence-electron chi connectivity index (χ4n) is 9.33. The van der Waals surface area contributed by atoms with Crippen LogP contribution in [-0.4, -0.2) is 37.2 Å². The van der Waals surface area contributed by atoms with Gasteiger partial charge in [-0.1, -0.05) is 310 Å². The third-order valence-corrected chi connectivity index (χ3v) is 13.9. The Morgan fingerprint density at radius 1 is 0.242 bits per heavy atom. The Balaban J connectivity index is 4.27. The van der Waals surface area contributed by atoms with Crippen LogP contribution in [0.15, 0.2) is 0 Å². The molecule has 0 radical (unpaired) electrons. The topological polar surface area (TPSA) is 78.9 Å². The standard InChI is InChI=1S/C60H116O6/c1-4-7-10-13-16-19-22-25-28-30-31-33-36-38-41-44-47-50-53-59(62)65-56-57(66-60(63)54-51-48-45-42-39-34-27-24-21-18-15-12-9-6-3)55-64-58(61)52-49-46-43-40-37-35-32-29-26-23-20-17-14-11-8-5-2/h57H,4-56H2,1-3H3/t57-/m1/s1. The predicted molar refractivity (Wildman–Crippen MR) is 284 cm³/mol. The molecule has 0 fully saturated rings. The zero-order valence-corrected chi connectivity index (χ0v) is 45.0. The monoisotopic (exact) mass is 933 g/mol. The van der Waals surface area contributed by atoms with E-state index in [0.29, 0.717) is 19.3 Å². The molecule has 6 heteroatoms. The van der Waals surface area contributed by atoms with Crippen molar-refractivity contribution in [3.05, 3.63) is 0 Å². The van der Waals surface area contributed by atoms with Crippen molar-refractivity contribution in [2.24, 2.45) is 0 Å². The fourth-order valence-corrected chi connectivity index (χ4v) is 9.33. The van der Waals surface area contributed by atoms with E-state index in [9.17, 15) is 14.4 Å². The van der Waals surface area contributed by atoms with E-state index in [4.69, 9.17) is 14.2 Å². The Bertz CT molecular complexity index is 982. The molecule has 0 aliphatic rings. The van der Waals surface area contributed by atoms with Gasteiger partial charge in [0.1, 0.15) is 13.2 Å². The van der Waals surface area contributed by atoms with Crippen LogP contribution in [-0.2, 0) is 28.6 Å². The summed E-state index contributed by atoms with van der Waals surface area (Å²) in [6.07, 6.45) is 62.4. The first kappa shape index (κ1) is 64.4. The Morgan fingerprint density at radius 2 is 0.409 bits per heavy atom. The van der Waals surface area contributed by atoms with Gasteiger partial charge in [-0.05, 0) is 19.3 Å². The lowest BCUT2D eigenvalue weighted by molar-refractivity contribution is -0.167. The van der Waals surface area contributed by atoms with Crippen LogP contribution in [0.4, 0.5) is 0 Å². The summed E-state index contributed by atoms with van der Waals surface area (Å²) in [5.74, 6) is -0.829. The molecule has 0 saturated carbocycles. The van der Waals surface area contributed by atoms with Crippen molar-refractivity contribution in [3.63, 3.8) is 0 Å². The van der Waals surface area contributed by atoms with Gasteiger partial charge in [-0.25, -0.2) is 0 Å². The lowest BCUT2D eigenvalue weighted by Crippen LogP contribution is -2.30. The van der Waals surface area contributed by atoms with E-state index >= 15 is 0 Å². The zero-order chi connectivity index (χ0) is 47.9. The van der Waals surface area contributed by atoms with Crippen molar-refractivity contribution < 1.29 is 28.6 Å². The lowest BCUT2D eigenvalue weighted by Gasteiger charge is -2.18. The first-order valence-electron chi connectivity index (χ1n) is 30.0. The van der Waals surface area contributed by atoms with Gasteiger partial charge >= 0.3 is 17.9 Å². The van der Waals surface area contributed by atoms with Crippen LogP contribution >= 0.6 is 0 Å². The van der Waals surface area contributed by atoms with Gasteiger partial charge in [-0.15, -0.1) is 0 Å². The highest BCUT2D eigenvalue weighted by Gasteiger charge is 2.19. The van der Waals surface area contributed by atoms with Crippen molar-refractivity contribution in [1.29, 1.82) is 0 Å². The number of esters is 3.